The molecule has 0 N–H and O–H groups in total. The number of carbonyl (C=O) groups is 2. The molecule has 1 heterocycles. The van der Waals surface area contributed by atoms with Crippen molar-refractivity contribution in [3.63, 3.8) is 0 Å². The Morgan fingerprint density at radius 1 is 1.26 bits per heavy atom. The molecule has 23 heavy (non-hydrogen) atoms. The van der Waals surface area contributed by atoms with Crippen LogP contribution in [0.4, 0.5) is 4.79 Å². The topological polar surface area (TPSA) is 71.1 Å². The molecule has 1 aliphatic carbocycles. The van der Waals surface area contributed by atoms with Gasteiger partial charge in [0, 0.05) is 17.5 Å². The second-order valence-electron chi connectivity index (χ2n) is 6.64. The Morgan fingerprint density at radius 3 is 2.57 bits per heavy atom. The van der Waals surface area contributed by atoms with Crippen molar-refractivity contribution >= 4 is 12.4 Å². The Kier molecular flexibility index (Phi) is 3.90. The van der Waals surface area contributed by atoms with E-state index in [-0.39, 0.29) is 5.75 Å². The van der Waals surface area contributed by atoms with Crippen LogP contribution in [0.2, 0.25) is 0 Å². The third-order valence-corrected chi connectivity index (χ3v) is 3.86. The van der Waals surface area contributed by atoms with Crippen molar-refractivity contribution in [1.29, 1.82) is 0 Å². The SMILES string of the molecule is CC(C)(C)OC(=O)Oc1c(C=O)ccc2c1CCC21OCCO1. The maximum absolute atomic E-state index is 12.0. The fourth-order valence-corrected chi connectivity index (χ4v) is 3.00. The number of carbonyl (C=O) groups excluding carboxylic acids is 2. The second kappa shape index (κ2) is 5.62. The lowest BCUT2D eigenvalue weighted by molar-refractivity contribution is -0.163. The first-order chi connectivity index (χ1) is 10.8. The van der Waals surface area contributed by atoms with Gasteiger partial charge in [0.1, 0.15) is 11.4 Å². The van der Waals surface area contributed by atoms with Crippen molar-refractivity contribution in [1.82, 2.24) is 0 Å². The average Bonchev–Trinajstić information content (AvgIpc) is 3.07. The molecule has 0 aromatic heterocycles. The number of hydrogen-bond donors (Lipinski definition) is 0. The molecule has 1 aromatic rings. The summed E-state index contributed by atoms with van der Waals surface area (Å²) in [4.78, 5) is 23.3. The summed E-state index contributed by atoms with van der Waals surface area (Å²) in [6.07, 6.45) is 1.08. The van der Waals surface area contributed by atoms with Crippen molar-refractivity contribution in [3.8, 4) is 5.75 Å². The predicted octanol–water partition coefficient (Wildman–Crippen LogP) is 2.96. The van der Waals surface area contributed by atoms with E-state index in [2.05, 4.69) is 0 Å². The zero-order valence-electron chi connectivity index (χ0n) is 13.5. The van der Waals surface area contributed by atoms with Gasteiger partial charge in [-0.25, -0.2) is 4.79 Å². The summed E-state index contributed by atoms with van der Waals surface area (Å²) in [5.41, 5.74) is 1.22. The maximum atomic E-state index is 12.0. The maximum Gasteiger partial charge on any atom is 0.514 e. The number of ether oxygens (including phenoxy) is 4. The van der Waals surface area contributed by atoms with Crippen molar-refractivity contribution in [3.05, 3.63) is 28.8 Å². The lowest BCUT2D eigenvalue weighted by atomic mass is 10.0. The number of aldehydes is 1. The van der Waals surface area contributed by atoms with Gasteiger partial charge in [0.05, 0.1) is 18.8 Å². The van der Waals surface area contributed by atoms with Gasteiger partial charge in [0.2, 0.25) is 0 Å². The molecule has 6 nitrogen and oxygen atoms in total. The minimum absolute atomic E-state index is 0.239. The monoisotopic (exact) mass is 320 g/mol. The lowest BCUT2D eigenvalue weighted by Gasteiger charge is -2.23. The van der Waals surface area contributed by atoms with Crippen LogP contribution < -0.4 is 4.74 Å². The van der Waals surface area contributed by atoms with Gasteiger partial charge < -0.3 is 18.9 Å². The largest absolute Gasteiger partial charge is 0.514 e. The summed E-state index contributed by atoms with van der Waals surface area (Å²) >= 11 is 0. The molecule has 0 radical (unpaired) electrons. The smallest absolute Gasteiger partial charge is 0.428 e. The normalized spacial score (nSPS) is 18.7. The summed E-state index contributed by atoms with van der Waals surface area (Å²) in [5.74, 6) is -0.536. The van der Waals surface area contributed by atoms with E-state index in [0.29, 0.717) is 37.9 Å². The van der Waals surface area contributed by atoms with E-state index in [9.17, 15) is 9.59 Å². The molecule has 1 fully saturated rings. The minimum Gasteiger partial charge on any atom is -0.428 e. The molecule has 2 aliphatic rings. The zero-order valence-corrected chi connectivity index (χ0v) is 13.5. The van der Waals surface area contributed by atoms with Crippen LogP contribution in [0.25, 0.3) is 0 Å². The molecule has 0 unspecified atom stereocenters. The van der Waals surface area contributed by atoms with Crippen molar-refractivity contribution in [2.24, 2.45) is 0 Å². The van der Waals surface area contributed by atoms with Gasteiger partial charge in [0.15, 0.2) is 12.1 Å². The number of rotatable bonds is 2. The summed E-state index contributed by atoms with van der Waals surface area (Å²) < 4.78 is 22.1. The van der Waals surface area contributed by atoms with Gasteiger partial charge in [-0.1, -0.05) is 6.07 Å². The summed E-state index contributed by atoms with van der Waals surface area (Å²) in [5, 5.41) is 0. The molecule has 6 heteroatoms. The Hall–Kier alpha value is -1.92. The third-order valence-electron chi connectivity index (χ3n) is 3.86. The fraction of sp³-hybridized carbons (Fsp3) is 0.529. The molecule has 1 spiro atoms. The Balaban J connectivity index is 1.95. The highest BCUT2D eigenvalue weighted by Gasteiger charge is 2.46. The van der Waals surface area contributed by atoms with Crippen LogP contribution in [0, 0.1) is 0 Å². The average molecular weight is 320 g/mol. The number of fused-ring (bicyclic) bond motifs is 2. The molecule has 1 aromatic carbocycles. The molecular formula is C17H20O6. The fourth-order valence-electron chi connectivity index (χ4n) is 3.00. The summed E-state index contributed by atoms with van der Waals surface area (Å²) in [7, 11) is 0. The van der Waals surface area contributed by atoms with E-state index in [4.69, 9.17) is 18.9 Å². The summed E-state index contributed by atoms with van der Waals surface area (Å²) in [6, 6.07) is 3.42. The highest BCUT2D eigenvalue weighted by molar-refractivity contribution is 5.83. The Labute approximate surface area is 134 Å². The van der Waals surface area contributed by atoms with Crippen LogP contribution in [-0.4, -0.2) is 31.3 Å². The molecule has 3 rings (SSSR count). The van der Waals surface area contributed by atoms with Gasteiger partial charge in [-0.3, -0.25) is 4.79 Å². The molecule has 0 bridgehead atoms. The van der Waals surface area contributed by atoms with Crippen LogP contribution in [0.15, 0.2) is 12.1 Å². The van der Waals surface area contributed by atoms with Gasteiger partial charge in [0.25, 0.3) is 0 Å². The Morgan fingerprint density at radius 2 is 1.96 bits per heavy atom. The van der Waals surface area contributed by atoms with Crippen LogP contribution in [0.1, 0.15) is 48.7 Å². The zero-order chi connectivity index (χ0) is 16.7. The predicted molar refractivity (Wildman–Crippen MR) is 80.6 cm³/mol. The van der Waals surface area contributed by atoms with E-state index in [1.54, 1.807) is 32.9 Å². The highest BCUT2D eigenvalue weighted by Crippen LogP contribution is 2.47. The van der Waals surface area contributed by atoms with E-state index in [0.717, 1.165) is 11.1 Å². The van der Waals surface area contributed by atoms with Gasteiger partial charge in [-0.2, -0.15) is 0 Å². The third kappa shape index (κ3) is 2.96. The molecule has 0 atom stereocenters. The molecule has 1 saturated heterocycles. The van der Waals surface area contributed by atoms with Crippen molar-refractivity contribution in [2.45, 2.75) is 45.0 Å². The van der Waals surface area contributed by atoms with Crippen LogP contribution in [0.3, 0.4) is 0 Å². The van der Waals surface area contributed by atoms with E-state index in [1.807, 2.05) is 0 Å². The lowest BCUT2D eigenvalue weighted by Crippen LogP contribution is -2.27. The number of benzene rings is 1. The van der Waals surface area contributed by atoms with Crippen LogP contribution >= 0.6 is 0 Å². The van der Waals surface area contributed by atoms with Crippen LogP contribution in [0.5, 0.6) is 5.75 Å². The first-order valence-corrected chi connectivity index (χ1v) is 7.65. The number of hydrogen-bond acceptors (Lipinski definition) is 6. The molecule has 124 valence electrons. The first kappa shape index (κ1) is 16.0. The molecule has 0 saturated carbocycles. The summed E-state index contributed by atoms with van der Waals surface area (Å²) in [6.45, 7) is 6.30. The molecule has 1 aliphatic heterocycles. The standard InChI is InChI=1S/C17H20O6/c1-16(2,3)23-15(19)22-14-11(10-18)4-5-13-12(14)6-7-17(13)20-8-9-21-17/h4-5,10H,6-9H2,1-3H3. The molecular weight excluding hydrogens is 300 g/mol. The quantitative estimate of drug-likeness (QED) is 0.474. The molecule has 0 amide bonds. The van der Waals surface area contributed by atoms with E-state index < -0.39 is 17.5 Å². The van der Waals surface area contributed by atoms with Crippen molar-refractivity contribution in [2.75, 3.05) is 13.2 Å². The van der Waals surface area contributed by atoms with Crippen molar-refractivity contribution < 1.29 is 28.5 Å². The van der Waals surface area contributed by atoms with Crippen LogP contribution in [-0.2, 0) is 26.4 Å². The highest BCUT2D eigenvalue weighted by atomic mass is 16.7. The van der Waals surface area contributed by atoms with E-state index >= 15 is 0 Å². The Bertz CT molecular complexity index is 637. The van der Waals surface area contributed by atoms with Gasteiger partial charge in [-0.15, -0.1) is 0 Å². The van der Waals surface area contributed by atoms with E-state index in [1.165, 1.54) is 0 Å². The van der Waals surface area contributed by atoms with Gasteiger partial charge >= 0.3 is 6.16 Å². The van der Waals surface area contributed by atoms with Gasteiger partial charge in [-0.05, 0) is 33.3 Å². The minimum atomic E-state index is -0.830. The first-order valence-electron chi connectivity index (χ1n) is 7.65. The second-order valence-corrected chi connectivity index (χ2v) is 6.64.